The van der Waals surface area contributed by atoms with Crippen LogP contribution in [-0.4, -0.2) is 30.7 Å². The van der Waals surface area contributed by atoms with E-state index in [0.717, 1.165) is 31.9 Å². The third-order valence-corrected chi connectivity index (χ3v) is 3.75. The first-order valence-electron chi connectivity index (χ1n) is 6.88. The third-order valence-electron chi connectivity index (χ3n) is 3.75. The van der Waals surface area contributed by atoms with Crippen LogP contribution >= 0.6 is 0 Å². The van der Waals surface area contributed by atoms with Gasteiger partial charge in [-0.05, 0) is 50.4 Å². The minimum absolute atomic E-state index is 0.408. The molecule has 1 atom stereocenters. The fraction of sp³-hybridized carbons (Fsp3) is 0.600. The van der Waals surface area contributed by atoms with Gasteiger partial charge in [-0.1, -0.05) is 12.1 Å². The summed E-state index contributed by atoms with van der Waals surface area (Å²) in [5.41, 5.74) is 9.41. The number of anilines is 1. The molecule has 0 bridgehead atoms. The number of ether oxygens (including phenoxy) is 1. The van der Waals surface area contributed by atoms with Gasteiger partial charge in [0.05, 0.1) is 6.10 Å². The lowest BCUT2D eigenvalue weighted by Crippen LogP contribution is -2.39. The van der Waals surface area contributed by atoms with Crippen molar-refractivity contribution in [3.8, 4) is 0 Å². The zero-order valence-corrected chi connectivity index (χ0v) is 11.5. The molecule has 1 aromatic rings. The molecule has 1 heterocycles. The molecule has 3 nitrogen and oxygen atoms in total. The molecule has 0 amide bonds. The monoisotopic (exact) mass is 248 g/mol. The third kappa shape index (κ3) is 3.24. The van der Waals surface area contributed by atoms with Gasteiger partial charge in [0.1, 0.15) is 0 Å². The van der Waals surface area contributed by atoms with Crippen LogP contribution in [0.3, 0.4) is 0 Å². The first kappa shape index (κ1) is 13.4. The van der Waals surface area contributed by atoms with Crippen molar-refractivity contribution in [3.63, 3.8) is 0 Å². The zero-order valence-electron chi connectivity index (χ0n) is 11.5. The molecule has 18 heavy (non-hydrogen) atoms. The maximum absolute atomic E-state index is 5.96. The number of benzene rings is 1. The maximum atomic E-state index is 5.96. The number of nitrogens with zero attached hydrogens (tertiary/aromatic N) is 1. The summed E-state index contributed by atoms with van der Waals surface area (Å²) in [6.45, 7) is 8.19. The van der Waals surface area contributed by atoms with E-state index in [1.165, 1.54) is 24.0 Å². The summed E-state index contributed by atoms with van der Waals surface area (Å²) in [7, 11) is 0. The number of nitrogen functional groups attached to an aromatic ring is 1. The van der Waals surface area contributed by atoms with E-state index in [4.69, 9.17) is 10.5 Å². The summed E-state index contributed by atoms with van der Waals surface area (Å²) < 4.78 is 5.74. The second kappa shape index (κ2) is 6.21. The van der Waals surface area contributed by atoms with Gasteiger partial charge >= 0.3 is 0 Å². The molecule has 100 valence electrons. The fourth-order valence-electron chi connectivity index (χ4n) is 2.64. The Hall–Kier alpha value is -1.06. The van der Waals surface area contributed by atoms with E-state index in [-0.39, 0.29) is 0 Å². The van der Waals surface area contributed by atoms with Crippen molar-refractivity contribution in [1.82, 2.24) is 4.90 Å². The predicted octanol–water partition coefficient (Wildman–Crippen LogP) is 2.58. The average molecular weight is 248 g/mol. The van der Waals surface area contributed by atoms with Crippen LogP contribution in [0.15, 0.2) is 18.2 Å². The molecular weight excluding hydrogens is 224 g/mol. The van der Waals surface area contributed by atoms with E-state index in [2.05, 4.69) is 24.8 Å². The van der Waals surface area contributed by atoms with E-state index in [1.54, 1.807) is 0 Å². The van der Waals surface area contributed by atoms with Crippen molar-refractivity contribution in [2.45, 2.75) is 39.3 Å². The number of likely N-dealkylation sites (tertiary alicyclic amines) is 1. The van der Waals surface area contributed by atoms with Crippen molar-refractivity contribution < 1.29 is 4.74 Å². The first-order chi connectivity index (χ1) is 8.70. The summed E-state index contributed by atoms with van der Waals surface area (Å²) in [5, 5.41) is 0. The Bertz CT molecular complexity index is 390. The highest BCUT2D eigenvalue weighted by Crippen LogP contribution is 2.20. The number of piperidine rings is 1. The summed E-state index contributed by atoms with van der Waals surface area (Å²) in [4.78, 5) is 2.48. The van der Waals surface area contributed by atoms with Gasteiger partial charge in [-0.15, -0.1) is 0 Å². The Labute approximate surface area is 110 Å². The second-order valence-electron chi connectivity index (χ2n) is 5.09. The summed E-state index contributed by atoms with van der Waals surface area (Å²) >= 11 is 0. The molecular formula is C15H24N2O. The van der Waals surface area contributed by atoms with Crippen LogP contribution in [0.2, 0.25) is 0 Å². The Morgan fingerprint density at radius 3 is 3.06 bits per heavy atom. The highest BCUT2D eigenvalue weighted by atomic mass is 16.5. The molecule has 1 aliphatic heterocycles. The molecule has 1 unspecified atom stereocenters. The molecule has 1 aliphatic rings. The Morgan fingerprint density at radius 2 is 2.28 bits per heavy atom. The van der Waals surface area contributed by atoms with Gasteiger partial charge in [-0.2, -0.15) is 0 Å². The van der Waals surface area contributed by atoms with Crippen LogP contribution in [0.25, 0.3) is 0 Å². The smallest absolute Gasteiger partial charge is 0.0702 e. The average Bonchev–Trinajstić information content (AvgIpc) is 2.36. The Kier molecular flexibility index (Phi) is 4.61. The van der Waals surface area contributed by atoms with Crippen LogP contribution in [0.4, 0.5) is 5.69 Å². The molecule has 0 aromatic heterocycles. The zero-order chi connectivity index (χ0) is 13.0. The first-order valence-corrected chi connectivity index (χ1v) is 6.88. The van der Waals surface area contributed by atoms with Crippen molar-refractivity contribution in [2.75, 3.05) is 25.4 Å². The number of nitrogens with two attached hydrogens (primary N) is 1. The lowest BCUT2D eigenvalue weighted by molar-refractivity contribution is 0.00359. The molecule has 2 rings (SSSR count). The van der Waals surface area contributed by atoms with E-state index in [9.17, 15) is 0 Å². The highest BCUT2D eigenvalue weighted by Gasteiger charge is 2.20. The molecule has 1 saturated heterocycles. The summed E-state index contributed by atoms with van der Waals surface area (Å²) in [6, 6.07) is 6.19. The predicted molar refractivity (Wildman–Crippen MR) is 75.5 cm³/mol. The molecule has 0 saturated carbocycles. The van der Waals surface area contributed by atoms with Gasteiger partial charge in [-0.25, -0.2) is 0 Å². The van der Waals surface area contributed by atoms with Crippen LogP contribution in [-0.2, 0) is 11.3 Å². The summed E-state index contributed by atoms with van der Waals surface area (Å²) in [6.07, 6.45) is 2.83. The molecule has 0 spiro atoms. The maximum Gasteiger partial charge on any atom is 0.0702 e. The number of rotatable bonds is 4. The Morgan fingerprint density at radius 1 is 1.44 bits per heavy atom. The minimum Gasteiger partial charge on any atom is -0.399 e. The van der Waals surface area contributed by atoms with Gasteiger partial charge in [0.25, 0.3) is 0 Å². The lowest BCUT2D eigenvalue weighted by atomic mass is 10.0. The van der Waals surface area contributed by atoms with Gasteiger partial charge in [0.15, 0.2) is 0 Å². The molecule has 1 fully saturated rings. The van der Waals surface area contributed by atoms with E-state index >= 15 is 0 Å². The van der Waals surface area contributed by atoms with E-state index in [1.807, 2.05) is 12.1 Å². The van der Waals surface area contributed by atoms with Crippen LogP contribution in [0, 0.1) is 6.92 Å². The molecule has 0 aliphatic carbocycles. The number of hydrogen-bond donors (Lipinski definition) is 1. The summed E-state index contributed by atoms with van der Waals surface area (Å²) in [5.74, 6) is 0. The van der Waals surface area contributed by atoms with Crippen LogP contribution < -0.4 is 5.73 Å². The molecule has 3 heteroatoms. The van der Waals surface area contributed by atoms with Gasteiger partial charge < -0.3 is 10.5 Å². The quantitative estimate of drug-likeness (QED) is 0.832. The van der Waals surface area contributed by atoms with Crippen molar-refractivity contribution in [1.29, 1.82) is 0 Å². The SMILES string of the molecule is CCOC1CCCN(Cc2cccc(N)c2C)C1. The molecule has 0 radical (unpaired) electrons. The van der Waals surface area contributed by atoms with Crippen molar-refractivity contribution in [2.24, 2.45) is 0 Å². The van der Waals surface area contributed by atoms with E-state index < -0.39 is 0 Å². The van der Waals surface area contributed by atoms with E-state index in [0.29, 0.717) is 6.10 Å². The number of hydrogen-bond acceptors (Lipinski definition) is 3. The highest BCUT2D eigenvalue weighted by molar-refractivity contribution is 5.49. The fourth-order valence-corrected chi connectivity index (χ4v) is 2.64. The van der Waals surface area contributed by atoms with Crippen molar-refractivity contribution >= 4 is 5.69 Å². The lowest BCUT2D eigenvalue weighted by Gasteiger charge is -2.32. The topological polar surface area (TPSA) is 38.5 Å². The molecule has 1 aromatic carbocycles. The Balaban J connectivity index is 1.98. The molecule has 2 N–H and O–H groups in total. The van der Waals surface area contributed by atoms with Gasteiger partial charge in [0.2, 0.25) is 0 Å². The van der Waals surface area contributed by atoms with Gasteiger partial charge in [0, 0.05) is 25.4 Å². The normalized spacial score (nSPS) is 21.1. The standard InChI is InChI=1S/C15H24N2O/c1-3-18-14-7-5-9-17(11-14)10-13-6-4-8-15(16)12(13)2/h4,6,8,14H,3,5,7,9-11,16H2,1-2H3. The minimum atomic E-state index is 0.408. The van der Waals surface area contributed by atoms with Crippen molar-refractivity contribution in [3.05, 3.63) is 29.3 Å². The largest absolute Gasteiger partial charge is 0.399 e. The second-order valence-corrected chi connectivity index (χ2v) is 5.09. The van der Waals surface area contributed by atoms with Crippen LogP contribution in [0.5, 0.6) is 0 Å². The van der Waals surface area contributed by atoms with Crippen LogP contribution in [0.1, 0.15) is 30.9 Å². The van der Waals surface area contributed by atoms with Gasteiger partial charge in [-0.3, -0.25) is 4.90 Å².